The Hall–Kier alpha value is -0.470. The molecule has 17 heavy (non-hydrogen) atoms. The van der Waals surface area contributed by atoms with E-state index in [2.05, 4.69) is 4.89 Å². The van der Waals surface area contributed by atoms with Crippen molar-refractivity contribution in [1.29, 1.82) is 0 Å². The third-order valence-corrected chi connectivity index (χ3v) is 4.62. The van der Waals surface area contributed by atoms with Crippen LogP contribution in [0.5, 0.6) is 0 Å². The number of hydrogen-bond donors (Lipinski definition) is 1. The van der Waals surface area contributed by atoms with Gasteiger partial charge in [-0.05, 0) is 32.3 Å². The Kier molecular flexibility index (Phi) is 5.08. The lowest BCUT2D eigenvalue weighted by molar-refractivity contribution is -0.272. The normalized spacial score (nSPS) is 12.0. The summed E-state index contributed by atoms with van der Waals surface area (Å²) in [4.78, 5) is 10.7. The first-order valence-corrected chi connectivity index (χ1v) is 7.35. The zero-order valence-corrected chi connectivity index (χ0v) is 11.7. The molecule has 0 fully saturated rings. The molecule has 0 radical (unpaired) electrons. The number of thiophene rings is 1. The SMILES string of the molecule is COOCCCc1c(C)sc(C)c1S(=O)(=O)O. The highest BCUT2D eigenvalue weighted by Crippen LogP contribution is 2.31. The van der Waals surface area contributed by atoms with Gasteiger partial charge >= 0.3 is 0 Å². The molecule has 0 aromatic carbocycles. The van der Waals surface area contributed by atoms with E-state index < -0.39 is 10.1 Å². The lowest BCUT2D eigenvalue weighted by Gasteiger charge is -2.04. The first-order chi connectivity index (χ1) is 7.88. The van der Waals surface area contributed by atoms with E-state index in [9.17, 15) is 13.0 Å². The van der Waals surface area contributed by atoms with Gasteiger partial charge in [-0.25, -0.2) is 9.78 Å². The Bertz CT molecular complexity index is 475. The number of aryl methyl sites for hydroxylation is 2. The molecule has 0 aliphatic rings. The van der Waals surface area contributed by atoms with E-state index in [1.54, 1.807) is 6.92 Å². The molecule has 0 amide bonds. The quantitative estimate of drug-likeness (QED) is 0.374. The standard InChI is InChI=1S/C10H16O5S2/c1-7-9(5-4-6-15-14-3)10(8(2)16-7)17(11,12)13/h4-6H2,1-3H3,(H,11,12,13). The predicted octanol–water partition coefficient (Wildman–Crippen LogP) is 2.12. The van der Waals surface area contributed by atoms with Crippen LogP contribution in [0.3, 0.4) is 0 Å². The second-order valence-corrected chi connectivity index (χ2v) is 6.38. The highest BCUT2D eigenvalue weighted by Gasteiger charge is 2.22. The topological polar surface area (TPSA) is 72.8 Å². The zero-order chi connectivity index (χ0) is 13.1. The highest BCUT2D eigenvalue weighted by molar-refractivity contribution is 7.86. The molecule has 5 nitrogen and oxygen atoms in total. The van der Waals surface area contributed by atoms with Crippen molar-refractivity contribution in [1.82, 2.24) is 0 Å². The van der Waals surface area contributed by atoms with Gasteiger partial charge in [-0.3, -0.25) is 4.55 Å². The van der Waals surface area contributed by atoms with E-state index in [-0.39, 0.29) is 4.90 Å². The fraction of sp³-hybridized carbons (Fsp3) is 0.600. The van der Waals surface area contributed by atoms with Crippen LogP contribution in [0, 0.1) is 13.8 Å². The fourth-order valence-corrected chi connectivity index (χ4v) is 4.17. The average molecular weight is 280 g/mol. The fourth-order valence-electron chi connectivity index (χ4n) is 1.73. The molecule has 0 aliphatic heterocycles. The van der Waals surface area contributed by atoms with E-state index in [0.717, 1.165) is 4.88 Å². The van der Waals surface area contributed by atoms with Crippen molar-refractivity contribution in [3.05, 3.63) is 15.3 Å². The summed E-state index contributed by atoms with van der Waals surface area (Å²) in [6.07, 6.45) is 1.17. The van der Waals surface area contributed by atoms with Gasteiger partial charge in [0.15, 0.2) is 0 Å². The molecule has 0 atom stereocenters. The van der Waals surface area contributed by atoms with E-state index >= 15 is 0 Å². The van der Waals surface area contributed by atoms with Crippen LogP contribution < -0.4 is 0 Å². The Morgan fingerprint density at radius 1 is 1.29 bits per heavy atom. The average Bonchev–Trinajstić information content (AvgIpc) is 2.47. The summed E-state index contributed by atoms with van der Waals surface area (Å²) >= 11 is 1.38. The summed E-state index contributed by atoms with van der Waals surface area (Å²) in [5.41, 5.74) is 0.676. The molecule has 98 valence electrons. The minimum Gasteiger partial charge on any atom is -0.282 e. The molecular formula is C10H16O5S2. The Labute approximate surface area is 105 Å². The number of hydrogen-bond acceptors (Lipinski definition) is 5. The van der Waals surface area contributed by atoms with Gasteiger partial charge in [0.1, 0.15) is 4.90 Å². The largest absolute Gasteiger partial charge is 0.295 e. The van der Waals surface area contributed by atoms with E-state index in [0.29, 0.717) is 29.9 Å². The van der Waals surface area contributed by atoms with Gasteiger partial charge in [-0.2, -0.15) is 8.42 Å². The molecule has 1 aromatic heterocycles. The minimum absolute atomic E-state index is 0.0532. The smallest absolute Gasteiger partial charge is 0.282 e. The Morgan fingerprint density at radius 3 is 2.47 bits per heavy atom. The zero-order valence-electron chi connectivity index (χ0n) is 10.0. The maximum absolute atomic E-state index is 11.3. The summed E-state index contributed by atoms with van der Waals surface area (Å²) in [5, 5.41) is 0. The van der Waals surface area contributed by atoms with Crippen molar-refractivity contribution >= 4 is 21.5 Å². The highest BCUT2D eigenvalue weighted by atomic mass is 32.2. The Balaban J connectivity index is 2.91. The van der Waals surface area contributed by atoms with E-state index in [1.165, 1.54) is 18.4 Å². The summed E-state index contributed by atoms with van der Waals surface area (Å²) < 4.78 is 31.8. The van der Waals surface area contributed by atoms with Crippen LogP contribution in [-0.2, 0) is 26.3 Å². The van der Waals surface area contributed by atoms with Crippen LogP contribution in [-0.4, -0.2) is 26.7 Å². The number of rotatable bonds is 6. The van der Waals surface area contributed by atoms with Gasteiger partial charge in [-0.15, -0.1) is 11.3 Å². The molecule has 0 bridgehead atoms. The van der Waals surface area contributed by atoms with E-state index in [1.807, 2.05) is 6.92 Å². The third-order valence-electron chi connectivity index (χ3n) is 2.36. The van der Waals surface area contributed by atoms with Gasteiger partial charge in [0.05, 0.1) is 13.7 Å². The second kappa shape index (κ2) is 5.92. The van der Waals surface area contributed by atoms with Crippen molar-refractivity contribution in [3.63, 3.8) is 0 Å². The van der Waals surface area contributed by atoms with Gasteiger partial charge in [0, 0.05) is 9.75 Å². The summed E-state index contributed by atoms with van der Waals surface area (Å²) in [7, 11) is -2.73. The van der Waals surface area contributed by atoms with Gasteiger partial charge in [0.2, 0.25) is 0 Å². The second-order valence-electron chi connectivity index (χ2n) is 3.59. The van der Waals surface area contributed by atoms with Gasteiger partial charge < -0.3 is 0 Å². The lowest BCUT2D eigenvalue weighted by atomic mass is 10.1. The minimum atomic E-state index is -4.15. The van der Waals surface area contributed by atoms with Crippen molar-refractivity contribution in [2.45, 2.75) is 31.6 Å². The van der Waals surface area contributed by atoms with Crippen LogP contribution in [0.1, 0.15) is 21.7 Å². The molecule has 0 unspecified atom stereocenters. The van der Waals surface area contributed by atoms with Crippen molar-refractivity contribution < 1.29 is 22.7 Å². The first kappa shape index (κ1) is 14.6. The van der Waals surface area contributed by atoms with Gasteiger partial charge in [0.25, 0.3) is 10.1 Å². The maximum Gasteiger partial charge on any atom is 0.295 e. The van der Waals surface area contributed by atoms with Crippen molar-refractivity contribution in [2.75, 3.05) is 13.7 Å². The van der Waals surface area contributed by atoms with Crippen LogP contribution in [0.2, 0.25) is 0 Å². The summed E-state index contributed by atoms with van der Waals surface area (Å²) in [5.74, 6) is 0. The molecule has 0 aliphatic carbocycles. The molecule has 0 saturated carbocycles. The molecule has 1 rings (SSSR count). The van der Waals surface area contributed by atoms with Crippen LogP contribution in [0.25, 0.3) is 0 Å². The van der Waals surface area contributed by atoms with Crippen molar-refractivity contribution in [3.8, 4) is 0 Å². The first-order valence-electron chi connectivity index (χ1n) is 5.10. The molecule has 1 N–H and O–H groups in total. The molecule has 0 spiro atoms. The van der Waals surface area contributed by atoms with Gasteiger partial charge in [-0.1, -0.05) is 0 Å². The monoisotopic (exact) mass is 280 g/mol. The predicted molar refractivity (Wildman–Crippen MR) is 64.9 cm³/mol. The molecule has 1 aromatic rings. The van der Waals surface area contributed by atoms with Crippen LogP contribution >= 0.6 is 11.3 Å². The summed E-state index contributed by atoms with van der Waals surface area (Å²) in [6, 6.07) is 0. The summed E-state index contributed by atoms with van der Waals surface area (Å²) in [6.45, 7) is 3.92. The molecular weight excluding hydrogens is 264 g/mol. The molecule has 7 heteroatoms. The van der Waals surface area contributed by atoms with Crippen molar-refractivity contribution in [2.24, 2.45) is 0 Å². The third kappa shape index (κ3) is 3.75. The van der Waals surface area contributed by atoms with Crippen LogP contribution in [0.4, 0.5) is 0 Å². The maximum atomic E-state index is 11.3. The molecule has 1 heterocycles. The molecule has 0 saturated heterocycles. The van der Waals surface area contributed by atoms with E-state index in [4.69, 9.17) is 4.89 Å². The van der Waals surface area contributed by atoms with Crippen LogP contribution in [0.15, 0.2) is 4.90 Å². The Morgan fingerprint density at radius 2 is 1.94 bits per heavy atom. The lowest BCUT2D eigenvalue weighted by Crippen LogP contribution is -2.04.